The first-order valence-corrected chi connectivity index (χ1v) is 11.5. The third-order valence-electron chi connectivity index (χ3n) is 6.33. The van der Waals surface area contributed by atoms with E-state index in [1.54, 1.807) is 12.3 Å². The molecule has 0 bridgehead atoms. The summed E-state index contributed by atoms with van der Waals surface area (Å²) >= 11 is 0. The molecule has 1 aliphatic rings. The van der Waals surface area contributed by atoms with Crippen LogP contribution < -0.4 is 10.6 Å². The average molecular weight is 512 g/mol. The standard InChI is InChI=1S/C26H23F3N4O4/c1-13-6-15(10-16(7-13)31-26(36)37)17-4-5-30-11-22(17)33-25(35)21-3-2-18(27)24(32-21)23-19(28)8-14(12-34)9-20(23)29/h2-5,8-9,11-13,15-16,31H,6-7,10H2,1H3,(H,33,35)(H,36,37)/t13-,15+,16-/m0/s1. The van der Waals surface area contributed by atoms with Gasteiger partial charge in [0.25, 0.3) is 5.91 Å². The Bertz CT molecular complexity index is 1340. The Morgan fingerprint density at radius 1 is 1.05 bits per heavy atom. The minimum atomic E-state index is -1.20. The van der Waals surface area contributed by atoms with Gasteiger partial charge in [0.1, 0.15) is 35.1 Å². The molecule has 11 heteroatoms. The Kier molecular flexibility index (Phi) is 7.51. The van der Waals surface area contributed by atoms with Gasteiger partial charge in [-0.2, -0.15) is 0 Å². The van der Waals surface area contributed by atoms with Crippen LogP contribution in [0.5, 0.6) is 0 Å². The lowest BCUT2D eigenvalue weighted by Crippen LogP contribution is -2.39. The van der Waals surface area contributed by atoms with Gasteiger partial charge in [0.15, 0.2) is 0 Å². The normalized spacial score (nSPS) is 19.2. The van der Waals surface area contributed by atoms with Gasteiger partial charge in [0.05, 0.1) is 17.4 Å². The number of nitrogens with zero attached hydrogens (tertiary/aromatic N) is 2. The molecular weight excluding hydrogens is 489 g/mol. The quantitative estimate of drug-likeness (QED) is 0.392. The maximum absolute atomic E-state index is 14.5. The van der Waals surface area contributed by atoms with Crippen molar-refractivity contribution in [1.82, 2.24) is 15.3 Å². The zero-order valence-corrected chi connectivity index (χ0v) is 19.7. The first-order chi connectivity index (χ1) is 17.7. The van der Waals surface area contributed by atoms with Crippen LogP contribution in [0.2, 0.25) is 0 Å². The number of nitrogens with one attached hydrogen (secondary N) is 2. The minimum Gasteiger partial charge on any atom is -0.465 e. The first-order valence-electron chi connectivity index (χ1n) is 11.5. The number of hydrogen-bond donors (Lipinski definition) is 3. The molecule has 2 amide bonds. The molecule has 1 fully saturated rings. The van der Waals surface area contributed by atoms with Gasteiger partial charge in [-0.05, 0) is 67.0 Å². The highest BCUT2D eigenvalue weighted by Gasteiger charge is 2.30. The van der Waals surface area contributed by atoms with Crippen LogP contribution in [0, 0.1) is 23.4 Å². The van der Waals surface area contributed by atoms with Crippen molar-refractivity contribution in [2.75, 3.05) is 5.32 Å². The second kappa shape index (κ2) is 10.8. The molecule has 3 N–H and O–H groups in total. The molecule has 1 aromatic carbocycles. The summed E-state index contributed by atoms with van der Waals surface area (Å²) in [4.78, 5) is 43.0. The molecule has 2 heterocycles. The Morgan fingerprint density at radius 3 is 2.46 bits per heavy atom. The summed E-state index contributed by atoms with van der Waals surface area (Å²) in [7, 11) is 0. The van der Waals surface area contributed by atoms with Crippen molar-refractivity contribution in [2.24, 2.45) is 5.92 Å². The van der Waals surface area contributed by atoms with Gasteiger partial charge in [-0.1, -0.05) is 6.92 Å². The lowest BCUT2D eigenvalue weighted by atomic mass is 9.76. The van der Waals surface area contributed by atoms with Crippen LogP contribution in [-0.4, -0.2) is 39.4 Å². The number of carboxylic acid groups (broad SMARTS) is 1. The van der Waals surface area contributed by atoms with E-state index in [-0.39, 0.29) is 35.4 Å². The van der Waals surface area contributed by atoms with Gasteiger partial charge in [0, 0.05) is 17.8 Å². The molecule has 0 aliphatic heterocycles. The topological polar surface area (TPSA) is 121 Å². The lowest BCUT2D eigenvalue weighted by molar-refractivity contribution is 0.102. The second-order valence-electron chi connectivity index (χ2n) is 9.08. The maximum atomic E-state index is 14.5. The van der Waals surface area contributed by atoms with Crippen molar-refractivity contribution in [2.45, 2.75) is 38.1 Å². The molecule has 2 aromatic heterocycles. The van der Waals surface area contributed by atoms with Crippen LogP contribution >= 0.6 is 0 Å². The van der Waals surface area contributed by atoms with Crippen molar-refractivity contribution in [1.29, 1.82) is 0 Å². The second-order valence-corrected chi connectivity index (χ2v) is 9.08. The van der Waals surface area contributed by atoms with E-state index >= 15 is 0 Å². The van der Waals surface area contributed by atoms with Gasteiger partial charge in [-0.25, -0.2) is 22.9 Å². The molecule has 0 spiro atoms. The lowest BCUT2D eigenvalue weighted by Gasteiger charge is -2.34. The van der Waals surface area contributed by atoms with Gasteiger partial charge in [0.2, 0.25) is 0 Å². The average Bonchev–Trinajstić information content (AvgIpc) is 2.84. The highest BCUT2D eigenvalue weighted by Crippen LogP contribution is 2.39. The number of benzene rings is 1. The SMILES string of the molecule is C[C@@H]1C[C@H](NC(=O)O)C[C@H](c2ccncc2NC(=O)c2ccc(F)c(-c3c(F)cc(C=O)cc3F)n2)C1. The van der Waals surface area contributed by atoms with Crippen LogP contribution in [0.15, 0.2) is 42.7 Å². The highest BCUT2D eigenvalue weighted by molar-refractivity contribution is 6.03. The summed E-state index contributed by atoms with van der Waals surface area (Å²) in [5.74, 6) is -4.05. The van der Waals surface area contributed by atoms with Crippen molar-refractivity contribution < 1.29 is 32.7 Å². The van der Waals surface area contributed by atoms with Crippen LogP contribution in [-0.2, 0) is 0 Å². The van der Waals surface area contributed by atoms with E-state index in [2.05, 4.69) is 20.6 Å². The van der Waals surface area contributed by atoms with Crippen molar-refractivity contribution in [3.05, 3.63) is 77.0 Å². The third-order valence-corrected chi connectivity index (χ3v) is 6.33. The summed E-state index contributed by atoms with van der Waals surface area (Å²) in [5.41, 5.74) is -0.970. The molecule has 37 heavy (non-hydrogen) atoms. The van der Waals surface area contributed by atoms with E-state index < -0.39 is 40.7 Å². The fraction of sp³-hybridized carbons (Fsp3) is 0.269. The van der Waals surface area contributed by atoms with E-state index in [1.807, 2.05) is 6.92 Å². The fourth-order valence-corrected chi connectivity index (χ4v) is 4.83. The summed E-state index contributed by atoms with van der Waals surface area (Å²) in [6, 6.07) is 4.94. The monoisotopic (exact) mass is 512 g/mol. The summed E-state index contributed by atoms with van der Waals surface area (Å²) in [5, 5.41) is 14.3. The smallest absolute Gasteiger partial charge is 0.404 e. The predicted molar refractivity (Wildman–Crippen MR) is 128 cm³/mol. The molecule has 192 valence electrons. The molecule has 3 aromatic rings. The van der Waals surface area contributed by atoms with E-state index in [0.717, 1.165) is 36.2 Å². The Morgan fingerprint density at radius 2 is 1.78 bits per heavy atom. The van der Waals surface area contributed by atoms with E-state index in [4.69, 9.17) is 5.11 Å². The number of anilines is 1. The molecular formula is C26H23F3N4O4. The molecule has 0 unspecified atom stereocenters. The number of carbonyl (C=O) groups excluding carboxylic acids is 2. The number of rotatable bonds is 6. The largest absolute Gasteiger partial charge is 0.465 e. The molecule has 3 atom stereocenters. The Labute approximate surface area is 210 Å². The minimum absolute atomic E-state index is 0.0739. The maximum Gasteiger partial charge on any atom is 0.404 e. The van der Waals surface area contributed by atoms with E-state index in [0.29, 0.717) is 18.5 Å². The number of aromatic nitrogens is 2. The van der Waals surface area contributed by atoms with Crippen LogP contribution in [0.25, 0.3) is 11.3 Å². The zero-order valence-electron chi connectivity index (χ0n) is 19.7. The Balaban J connectivity index is 1.62. The highest BCUT2D eigenvalue weighted by atomic mass is 19.1. The molecule has 8 nitrogen and oxygen atoms in total. The molecule has 1 aliphatic carbocycles. The van der Waals surface area contributed by atoms with Crippen LogP contribution in [0.4, 0.5) is 23.7 Å². The van der Waals surface area contributed by atoms with Crippen molar-refractivity contribution in [3.8, 4) is 11.3 Å². The van der Waals surface area contributed by atoms with Crippen LogP contribution in [0.1, 0.15) is 58.5 Å². The van der Waals surface area contributed by atoms with E-state index in [1.165, 1.54) is 6.20 Å². The number of pyridine rings is 2. The Hall–Kier alpha value is -4.28. The molecule has 1 saturated carbocycles. The van der Waals surface area contributed by atoms with Crippen molar-refractivity contribution >= 4 is 24.0 Å². The van der Waals surface area contributed by atoms with Gasteiger partial charge >= 0.3 is 6.09 Å². The predicted octanol–water partition coefficient (Wildman–Crippen LogP) is 5.17. The number of halogens is 3. The number of carbonyl (C=O) groups is 3. The van der Waals surface area contributed by atoms with Gasteiger partial charge in [-0.15, -0.1) is 0 Å². The summed E-state index contributed by atoms with van der Waals surface area (Å²) in [6.07, 6.45) is 4.13. The number of amides is 2. The fourth-order valence-electron chi connectivity index (χ4n) is 4.83. The third kappa shape index (κ3) is 5.76. The van der Waals surface area contributed by atoms with Gasteiger partial charge in [-0.3, -0.25) is 14.6 Å². The molecule has 0 saturated heterocycles. The molecule has 4 rings (SSSR count). The van der Waals surface area contributed by atoms with E-state index in [9.17, 15) is 27.6 Å². The van der Waals surface area contributed by atoms with Crippen molar-refractivity contribution in [3.63, 3.8) is 0 Å². The molecule has 0 radical (unpaired) electrons. The first kappa shape index (κ1) is 25.8. The van der Waals surface area contributed by atoms with Gasteiger partial charge < -0.3 is 15.7 Å². The number of aldehydes is 1. The summed E-state index contributed by atoms with van der Waals surface area (Å²) < 4.78 is 43.5. The summed E-state index contributed by atoms with van der Waals surface area (Å²) in [6.45, 7) is 2.02. The van der Waals surface area contributed by atoms with Crippen LogP contribution in [0.3, 0.4) is 0 Å². The number of hydrogen-bond acceptors (Lipinski definition) is 5. The zero-order chi connectivity index (χ0) is 26.7.